The van der Waals surface area contributed by atoms with E-state index in [9.17, 15) is 31.1 Å². The van der Waals surface area contributed by atoms with Crippen LogP contribution in [0, 0.1) is 0 Å². The largest absolute Gasteiger partial charge is 0.508 e. The molecule has 21 heavy (non-hydrogen) atoms. The normalized spacial score (nSPS) is 20.3. The summed E-state index contributed by atoms with van der Waals surface area (Å²) in [5.74, 6) is -8.52. The fourth-order valence-corrected chi connectivity index (χ4v) is 1.15. The second-order valence-electron chi connectivity index (χ2n) is 4.37. The van der Waals surface area contributed by atoms with Crippen molar-refractivity contribution in [2.24, 2.45) is 0 Å². The molecule has 11 heteroatoms. The van der Waals surface area contributed by atoms with E-state index in [4.69, 9.17) is 0 Å². The lowest BCUT2D eigenvalue weighted by Crippen LogP contribution is -2.44. The first-order valence-electron chi connectivity index (χ1n) is 5.61. The number of carbonyl (C=O) groups is 1. The molecule has 0 aromatic rings. The average molecular weight is 326 g/mol. The molecule has 0 amide bonds. The highest BCUT2D eigenvalue weighted by Crippen LogP contribution is 2.35. The third-order valence-corrected chi connectivity index (χ3v) is 2.24. The van der Waals surface area contributed by atoms with Crippen LogP contribution in [0.25, 0.3) is 0 Å². The third kappa shape index (κ3) is 5.58. The number of hydrogen-bond donors (Lipinski definition) is 0. The van der Waals surface area contributed by atoms with Crippen molar-refractivity contribution < 1.29 is 50.1 Å². The average Bonchev–Trinajstić information content (AvgIpc) is 2.71. The fourth-order valence-electron chi connectivity index (χ4n) is 1.15. The van der Waals surface area contributed by atoms with Gasteiger partial charge in [0.15, 0.2) is 6.10 Å². The van der Waals surface area contributed by atoms with Gasteiger partial charge in [-0.05, 0) is 0 Å². The van der Waals surface area contributed by atoms with Crippen molar-refractivity contribution in [3.8, 4) is 0 Å². The van der Waals surface area contributed by atoms with Crippen molar-refractivity contribution >= 4 is 6.16 Å². The van der Waals surface area contributed by atoms with Crippen LogP contribution in [0.15, 0.2) is 0 Å². The van der Waals surface area contributed by atoms with Crippen LogP contribution in [-0.4, -0.2) is 56.6 Å². The predicted molar refractivity (Wildman–Crippen MR) is 53.5 cm³/mol. The van der Waals surface area contributed by atoms with Crippen LogP contribution < -0.4 is 0 Å². The Bertz CT molecular complexity index is 369. The van der Waals surface area contributed by atoms with E-state index in [0.717, 1.165) is 0 Å². The highest BCUT2D eigenvalue weighted by Gasteiger charge is 2.55. The smallest absolute Gasteiger partial charge is 0.430 e. The molecule has 1 atom stereocenters. The molecule has 0 N–H and O–H groups in total. The van der Waals surface area contributed by atoms with E-state index in [1.54, 1.807) is 0 Å². The minimum absolute atomic E-state index is 0.157. The van der Waals surface area contributed by atoms with E-state index >= 15 is 0 Å². The van der Waals surface area contributed by atoms with Gasteiger partial charge in [0.1, 0.15) is 19.8 Å². The molecular weight excluding hydrogens is 314 g/mol. The molecule has 0 radical (unpaired) electrons. The molecule has 5 nitrogen and oxygen atoms in total. The molecule has 1 rings (SSSR count). The Hall–Kier alpha value is -1.23. The maximum atomic E-state index is 13.1. The van der Waals surface area contributed by atoms with Gasteiger partial charge in [0, 0.05) is 6.92 Å². The lowest BCUT2D eigenvalue weighted by Gasteiger charge is -2.25. The minimum Gasteiger partial charge on any atom is -0.430 e. The summed E-state index contributed by atoms with van der Waals surface area (Å²) in [5.41, 5.74) is 0. The number of alkyl halides is 6. The number of carbonyl (C=O) groups excluding carboxylic acids is 1. The molecule has 1 saturated heterocycles. The number of halogens is 6. The van der Waals surface area contributed by atoms with Gasteiger partial charge >= 0.3 is 18.2 Å². The first kappa shape index (κ1) is 17.8. The Morgan fingerprint density at radius 1 is 1.19 bits per heavy atom. The zero-order valence-corrected chi connectivity index (χ0v) is 10.7. The van der Waals surface area contributed by atoms with Crippen molar-refractivity contribution in [2.45, 2.75) is 31.0 Å². The molecule has 0 saturated carbocycles. The second-order valence-corrected chi connectivity index (χ2v) is 4.37. The molecule has 1 fully saturated rings. The lowest BCUT2D eigenvalue weighted by molar-refractivity contribution is -0.355. The van der Waals surface area contributed by atoms with Crippen LogP contribution in [-0.2, 0) is 18.9 Å². The van der Waals surface area contributed by atoms with Crippen LogP contribution in [0.4, 0.5) is 31.1 Å². The molecule has 0 bridgehead atoms. The van der Waals surface area contributed by atoms with Crippen LogP contribution in [0.3, 0.4) is 0 Å². The van der Waals surface area contributed by atoms with Gasteiger partial charge in [0.05, 0.1) is 6.61 Å². The molecule has 1 unspecified atom stereocenters. The lowest BCUT2D eigenvalue weighted by atomic mass is 10.3. The highest BCUT2D eigenvalue weighted by atomic mass is 19.3. The monoisotopic (exact) mass is 326 g/mol. The van der Waals surface area contributed by atoms with Crippen molar-refractivity contribution in [1.82, 2.24) is 0 Å². The van der Waals surface area contributed by atoms with Gasteiger partial charge < -0.3 is 18.9 Å². The maximum absolute atomic E-state index is 13.1. The van der Waals surface area contributed by atoms with Gasteiger partial charge in [-0.15, -0.1) is 0 Å². The zero-order valence-electron chi connectivity index (χ0n) is 10.7. The van der Waals surface area contributed by atoms with E-state index < -0.39 is 50.0 Å². The Morgan fingerprint density at radius 2 is 1.81 bits per heavy atom. The Kier molecular flexibility index (Phi) is 5.31. The van der Waals surface area contributed by atoms with Gasteiger partial charge in [0.25, 0.3) is 5.92 Å². The SMILES string of the molecule is CC(F)(F)C(F)(F)OCC(F)(F)COCC1COC(=O)O1. The number of hydrogen-bond acceptors (Lipinski definition) is 5. The van der Waals surface area contributed by atoms with Crippen LogP contribution >= 0.6 is 0 Å². The van der Waals surface area contributed by atoms with Gasteiger partial charge in [-0.3, -0.25) is 0 Å². The molecule has 0 aliphatic carbocycles. The molecular formula is C10H12F6O5. The van der Waals surface area contributed by atoms with E-state index in [-0.39, 0.29) is 13.5 Å². The maximum Gasteiger partial charge on any atom is 0.508 e. The quantitative estimate of drug-likeness (QED) is 0.506. The molecule has 1 aliphatic rings. The van der Waals surface area contributed by atoms with Crippen molar-refractivity contribution in [1.29, 1.82) is 0 Å². The Balaban J connectivity index is 2.31. The molecule has 124 valence electrons. The van der Waals surface area contributed by atoms with Crippen molar-refractivity contribution in [3.63, 3.8) is 0 Å². The second kappa shape index (κ2) is 6.26. The number of rotatable bonds is 8. The third-order valence-electron chi connectivity index (χ3n) is 2.24. The molecule has 1 heterocycles. The molecule has 0 spiro atoms. The van der Waals surface area contributed by atoms with E-state index in [0.29, 0.717) is 0 Å². The summed E-state index contributed by atoms with van der Waals surface area (Å²) in [6.45, 7) is -4.13. The number of cyclic esters (lactones) is 2. The minimum atomic E-state index is -5.02. The first-order valence-corrected chi connectivity index (χ1v) is 5.61. The summed E-state index contributed by atoms with van der Waals surface area (Å²) in [6.07, 6.45) is -6.90. The molecule has 0 aromatic heterocycles. The van der Waals surface area contributed by atoms with Gasteiger partial charge in [-0.2, -0.15) is 17.6 Å². The first-order chi connectivity index (χ1) is 9.43. The standard InChI is InChI=1S/C10H12F6O5/c1-8(11,12)10(15,16)20-5-9(13,14)4-18-2-6-3-19-7(17)21-6/h6H,2-5H2,1H3. The van der Waals surface area contributed by atoms with E-state index in [1.165, 1.54) is 0 Å². The molecule has 0 aromatic carbocycles. The zero-order chi connectivity index (χ0) is 16.3. The summed E-state index contributed by atoms with van der Waals surface area (Å²) in [6, 6.07) is 0. The summed E-state index contributed by atoms with van der Waals surface area (Å²) < 4.78 is 92.8. The Morgan fingerprint density at radius 3 is 2.29 bits per heavy atom. The number of ether oxygens (including phenoxy) is 4. The van der Waals surface area contributed by atoms with Crippen LogP contribution in [0.5, 0.6) is 0 Å². The fraction of sp³-hybridized carbons (Fsp3) is 0.900. The van der Waals surface area contributed by atoms with E-state index in [2.05, 4.69) is 18.9 Å². The van der Waals surface area contributed by atoms with Gasteiger partial charge in [-0.1, -0.05) is 0 Å². The molecule has 1 aliphatic heterocycles. The van der Waals surface area contributed by atoms with Crippen LogP contribution in [0.1, 0.15) is 6.92 Å². The summed E-state index contributed by atoms with van der Waals surface area (Å²) in [4.78, 5) is 10.5. The van der Waals surface area contributed by atoms with Gasteiger partial charge in [-0.25, -0.2) is 13.6 Å². The van der Waals surface area contributed by atoms with E-state index in [1.807, 2.05) is 0 Å². The Labute approximate surface area is 115 Å². The summed E-state index contributed by atoms with van der Waals surface area (Å²) in [7, 11) is 0. The van der Waals surface area contributed by atoms with Crippen molar-refractivity contribution in [3.05, 3.63) is 0 Å². The van der Waals surface area contributed by atoms with Crippen LogP contribution in [0.2, 0.25) is 0 Å². The summed E-state index contributed by atoms with van der Waals surface area (Å²) in [5, 5.41) is 0. The van der Waals surface area contributed by atoms with Gasteiger partial charge in [0.2, 0.25) is 0 Å². The topological polar surface area (TPSA) is 54.0 Å². The predicted octanol–water partition coefficient (Wildman–Crippen LogP) is 2.44. The summed E-state index contributed by atoms with van der Waals surface area (Å²) >= 11 is 0. The van der Waals surface area contributed by atoms with Crippen molar-refractivity contribution in [2.75, 3.05) is 26.4 Å². The highest BCUT2D eigenvalue weighted by molar-refractivity contribution is 5.61.